The Bertz CT molecular complexity index is 642. The summed E-state index contributed by atoms with van der Waals surface area (Å²) >= 11 is 5.74. The van der Waals surface area contributed by atoms with E-state index in [-0.39, 0.29) is 13.2 Å². The third kappa shape index (κ3) is 5.78. The molecule has 0 aliphatic carbocycles. The first-order chi connectivity index (χ1) is 11.1. The molecule has 0 heterocycles. The molecule has 0 unspecified atom stereocenters. The SMILES string of the molecule is CCOP(=O)(OCC)/C(C)=C(\C=C\c1ccc(Cl)cc1)C(F)(F)F. The van der Waals surface area contributed by atoms with Gasteiger partial charge < -0.3 is 9.05 Å². The van der Waals surface area contributed by atoms with Crippen molar-refractivity contribution in [1.29, 1.82) is 0 Å². The van der Waals surface area contributed by atoms with Crippen LogP contribution in [0.5, 0.6) is 0 Å². The number of hydrogen-bond acceptors (Lipinski definition) is 3. The van der Waals surface area contributed by atoms with Gasteiger partial charge in [0.2, 0.25) is 0 Å². The first-order valence-electron chi connectivity index (χ1n) is 7.25. The molecule has 24 heavy (non-hydrogen) atoms. The Morgan fingerprint density at radius 2 is 1.67 bits per heavy atom. The Kier molecular flexibility index (Phi) is 7.74. The second kappa shape index (κ2) is 8.86. The zero-order valence-corrected chi connectivity index (χ0v) is 15.2. The maximum absolute atomic E-state index is 13.4. The number of halogens is 4. The highest BCUT2D eigenvalue weighted by molar-refractivity contribution is 7.58. The fourth-order valence-electron chi connectivity index (χ4n) is 1.89. The van der Waals surface area contributed by atoms with Crippen LogP contribution in [0, 0.1) is 0 Å². The summed E-state index contributed by atoms with van der Waals surface area (Å²) in [5.74, 6) is 0. The largest absolute Gasteiger partial charge is 0.416 e. The molecule has 1 aromatic rings. The molecule has 0 atom stereocenters. The fourth-order valence-corrected chi connectivity index (χ4v) is 3.66. The van der Waals surface area contributed by atoms with Gasteiger partial charge in [0, 0.05) is 5.02 Å². The molecular formula is C16H19ClF3O3P. The summed E-state index contributed by atoms with van der Waals surface area (Å²) in [6, 6.07) is 6.28. The van der Waals surface area contributed by atoms with Crippen LogP contribution in [-0.4, -0.2) is 19.4 Å². The van der Waals surface area contributed by atoms with Gasteiger partial charge in [0.05, 0.1) is 24.1 Å². The molecule has 134 valence electrons. The van der Waals surface area contributed by atoms with Crippen LogP contribution in [0.3, 0.4) is 0 Å². The van der Waals surface area contributed by atoms with Crippen LogP contribution in [0.1, 0.15) is 26.3 Å². The molecule has 0 bridgehead atoms. The Labute approximate surface area is 144 Å². The van der Waals surface area contributed by atoms with E-state index in [0.29, 0.717) is 10.6 Å². The number of hydrogen-bond donors (Lipinski definition) is 0. The molecule has 0 radical (unpaired) electrons. The first-order valence-corrected chi connectivity index (χ1v) is 9.17. The van der Waals surface area contributed by atoms with E-state index in [1.165, 1.54) is 19.9 Å². The molecule has 1 aromatic carbocycles. The Morgan fingerprint density at radius 1 is 1.17 bits per heavy atom. The highest BCUT2D eigenvalue weighted by Crippen LogP contribution is 2.58. The van der Waals surface area contributed by atoms with Crippen LogP contribution >= 0.6 is 19.2 Å². The second-order valence-electron chi connectivity index (χ2n) is 4.71. The molecule has 0 aliphatic rings. The van der Waals surface area contributed by atoms with Gasteiger partial charge in [0.15, 0.2) is 0 Å². The molecule has 0 aliphatic heterocycles. The lowest BCUT2D eigenvalue weighted by Crippen LogP contribution is -2.13. The van der Waals surface area contributed by atoms with E-state index in [1.54, 1.807) is 24.3 Å². The van der Waals surface area contributed by atoms with Gasteiger partial charge in [0.1, 0.15) is 0 Å². The molecule has 0 saturated heterocycles. The lowest BCUT2D eigenvalue weighted by atomic mass is 10.1. The summed E-state index contributed by atoms with van der Waals surface area (Å²) < 4.78 is 62.8. The molecule has 0 aromatic heterocycles. The van der Waals surface area contributed by atoms with Gasteiger partial charge in [-0.1, -0.05) is 29.8 Å². The van der Waals surface area contributed by atoms with Crippen molar-refractivity contribution in [3.63, 3.8) is 0 Å². The van der Waals surface area contributed by atoms with Gasteiger partial charge in [-0.3, -0.25) is 4.57 Å². The minimum Gasteiger partial charge on any atom is -0.306 e. The van der Waals surface area contributed by atoms with Crippen LogP contribution in [-0.2, 0) is 13.6 Å². The van der Waals surface area contributed by atoms with E-state index < -0.39 is 24.7 Å². The van der Waals surface area contributed by atoms with Gasteiger partial charge in [-0.2, -0.15) is 13.2 Å². The third-order valence-corrected chi connectivity index (χ3v) is 5.53. The maximum atomic E-state index is 13.4. The minimum absolute atomic E-state index is 0.0271. The van der Waals surface area contributed by atoms with Crippen LogP contribution < -0.4 is 0 Å². The van der Waals surface area contributed by atoms with Gasteiger partial charge >= 0.3 is 13.8 Å². The predicted molar refractivity (Wildman–Crippen MR) is 90.1 cm³/mol. The Balaban J connectivity index is 3.33. The van der Waals surface area contributed by atoms with Crippen molar-refractivity contribution in [2.24, 2.45) is 0 Å². The fraction of sp³-hybridized carbons (Fsp3) is 0.375. The van der Waals surface area contributed by atoms with E-state index in [1.807, 2.05) is 0 Å². The van der Waals surface area contributed by atoms with Crippen molar-refractivity contribution in [2.45, 2.75) is 26.9 Å². The summed E-state index contributed by atoms with van der Waals surface area (Å²) in [4.78, 5) is 0. The summed E-state index contributed by atoms with van der Waals surface area (Å²) in [5.41, 5.74) is -0.528. The summed E-state index contributed by atoms with van der Waals surface area (Å²) in [6.07, 6.45) is -2.56. The van der Waals surface area contributed by atoms with Crippen molar-refractivity contribution < 1.29 is 26.8 Å². The summed E-state index contributed by atoms with van der Waals surface area (Å²) in [5, 5.41) is 0.0102. The normalized spacial score (nSPS) is 14.1. The monoisotopic (exact) mass is 382 g/mol. The molecule has 0 saturated carbocycles. The Hall–Kier alpha value is -1.07. The quantitative estimate of drug-likeness (QED) is 0.401. The van der Waals surface area contributed by atoms with Gasteiger partial charge in [-0.15, -0.1) is 0 Å². The molecule has 1 rings (SSSR count). The predicted octanol–water partition coefficient (Wildman–Crippen LogP) is 6.46. The summed E-state index contributed by atoms with van der Waals surface area (Å²) in [7, 11) is -4.00. The van der Waals surface area contributed by atoms with Crippen LogP contribution in [0.4, 0.5) is 13.2 Å². The molecule has 0 N–H and O–H groups in total. The highest BCUT2D eigenvalue weighted by atomic mass is 35.5. The average Bonchev–Trinajstić information content (AvgIpc) is 2.48. The smallest absolute Gasteiger partial charge is 0.306 e. The van der Waals surface area contributed by atoms with E-state index in [4.69, 9.17) is 20.6 Å². The van der Waals surface area contributed by atoms with Crippen molar-refractivity contribution in [1.82, 2.24) is 0 Å². The van der Waals surface area contributed by atoms with E-state index in [9.17, 15) is 17.7 Å². The Morgan fingerprint density at radius 3 is 2.08 bits per heavy atom. The van der Waals surface area contributed by atoms with E-state index in [2.05, 4.69) is 0 Å². The van der Waals surface area contributed by atoms with E-state index in [0.717, 1.165) is 13.0 Å². The molecule has 0 fully saturated rings. The van der Waals surface area contributed by atoms with Crippen molar-refractivity contribution in [2.75, 3.05) is 13.2 Å². The maximum Gasteiger partial charge on any atom is 0.416 e. The number of alkyl halides is 3. The molecule has 3 nitrogen and oxygen atoms in total. The van der Waals surface area contributed by atoms with Gasteiger partial charge in [-0.05, 0) is 44.5 Å². The van der Waals surface area contributed by atoms with Gasteiger partial charge in [-0.25, -0.2) is 0 Å². The van der Waals surface area contributed by atoms with E-state index >= 15 is 0 Å². The van der Waals surface area contributed by atoms with Crippen LogP contribution in [0.2, 0.25) is 5.02 Å². The van der Waals surface area contributed by atoms with Crippen molar-refractivity contribution in [3.8, 4) is 0 Å². The van der Waals surface area contributed by atoms with Crippen LogP contribution in [0.25, 0.3) is 6.08 Å². The second-order valence-corrected chi connectivity index (χ2v) is 7.33. The average molecular weight is 383 g/mol. The lowest BCUT2D eigenvalue weighted by molar-refractivity contribution is -0.0887. The number of rotatable bonds is 7. The van der Waals surface area contributed by atoms with Crippen molar-refractivity contribution >= 4 is 25.3 Å². The highest BCUT2D eigenvalue weighted by Gasteiger charge is 2.40. The minimum atomic E-state index is -4.70. The number of allylic oxidation sites excluding steroid dienone is 3. The summed E-state index contributed by atoms with van der Waals surface area (Å²) in [6.45, 7) is 4.13. The van der Waals surface area contributed by atoms with Crippen molar-refractivity contribution in [3.05, 3.63) is 51.8 Å². The van der Waals surface area contributed by atoms with Crippen LogP contribution in [0.15, 0.2) is 41.2 Å². The molecule has 0 amide bonds. The third-order valence-electron chi connectivity index (χ3n) is 3.02. The number of benzene rings is 1. The molecule has 0 spiro atoms. The zero-order chi connectivity index (χ0) is 18.4. The first kappa shape index (κ1) is 21.0. The zero-order valence-electron chi connectivity index (χ0n) is 13.6. The lowest BCUT2D eigenvalue weighted by Gasteiger charge is -2.21. The molecule has 8 heteroatoms. The molecular weight excluding hydrogens is 364 g/mol. The van der Waals surface area contributed by atoms with Gasteiger partial charge in [0.25, 0.3) is 0 Å². The topological polar surface area (TPSA) is 35.5 Å². The standard InChI is InChI=1S/C16H19ClF3O3P/c1-4-22-24(21,23-5-2)12(3)15(16(18,19)20)11-8-13-6-9-14(17)10-7-13/h6-11H,4-5H2,1-3H3/b11-8+,15-12+.